The van der Waals surface area contributed by atoms with Crippen LogP contribution < -0.4 is 21.3 Å². The lowest BCUT2D eigenvalue weighted by Crippen LogP contribution is -2.38. The molecule has 0 aliphatic rings. The Labute approximate surface area is 173 Å². The van der Waals surface area contributed by atoms with Crippen LogP contribution in [-0.2, 0) is 20.6 Å². The van der Waals surface area contributed by atoms with Gasteiger partial charge >= 0.3 is 5.69 Å². The fourth-order valence-corrected chi connectivity index (χ4v) is 3.09. The molecule has 0 saturated carbocycles. The topological polar surface area (TPSA) is 124 Å². The highest BCUT2D eigenvalue weighted by molar-refractivity contribution is 5.74. The maximum absolute atomic E-state index is 12.8. The van der Waals surface area contributed by atoms with E-state index in [1.54, 1.807) is 6.92 Å². The smallest absolute Gasteiger partial charge is 0.332 e. The van der Waals surface area contributed by atoms with E-state index < -0.39 is 23.5 Å². The van der Waals surface area contributed by atoms with Crippen LogP contribution in [-0.4, -0.2) is 54.3 Å². The quantitative estimate of drug-likeness (QED) is 0.470. The van der Waals surface area contributed by atoms with Gasteiger partial charge in [0.1, 0.15) is 18.5 Å². The zero-order valence-electron chi connectivity index (χ0n) is 17.5. The molecule has 0 bridgehead atoms. The first-order chi connectivity index (χ1) is 14.2. The molecule has 0 spiro atoms. The Kier molecular flexibility index (Phi) is 6.28. The summed E-state index contributed by atoms with van der Waals surface area (Å²) < 4.78 is 9.42. The molecule has 0 saturated heterocycles. The van der Waals surface area contributed by atoms with Crippen LogP contribution in [0.5, 0.6) is 5.75 Å². The van der Waals surface area contributed by atoms with Gasteiger partial charge in [0.25, 0.3) is 5.56 Å². The normalized spacial score (nSPS) is 13.4. The summed E-state index contributed by atoms with van der Waals surface area (Å²) >= 11 is 0. The SMILES string of the molecule is Cc1ccc(OC[C@@H](O)Cn2c(NC[C@@H](C)O)nc3c2c(=O)n(C)c(=O)n3C)cc1. The third-order valence-electron chi connectivity index (χ3n) is 4.76. The van der Waals surface area contributed by atoms with Gasteiger partial charge in [-0.3, -0.25) is 13.9 Å². The predicted molar refractivity (Wildman–Crippen MR) is 113 cm³/mol. The highest BCUT2D eigenvalue weighted by Crippen LogP contribution is 2.17. The van der Waals surface area contributed by atoms with E-state index in [1.165, 1.54) is 23.2 Å². The van der Waals surface area contributed by atoms with E-state index in [2.05, 4.69) is 10.3 Å². The molecule has 3 rings (SSSR count). The van der Waals surface area contributed by atoms with Crippen LogP contribution in [0.4, 0.5) is 5.95 Å². The molecule has 10 nitrogen and oxygen atoms in total. The van der Waals surface area contributed by atoms with Gasteiger partial charge in [-0.15, -0.1) is 0 Å². The van der Waals surface area contributed by atoms with Gasteiger partial charge in [0.05, 0.1) is 12.6 Å². The summed E-state index contributed by atoms with van der Waals surface area (Å²) in [5.41, 5.74) is 0.466. The number of imidazole rings is 1. The number of benzene rings is 1. The van der Waals surface area contributed by atoms with E-state index in [0.717, 1.165) is 10.1 Å². The van der Waals surface area contributed by atoms with E-state index in [0.29, 0.717) is 5.75 Å². The average Bonchev–Trinajstić information content (AvgIpc) is 3.07. The van der Waals surface area contributed by atoms with Gasteiger partial charge < -0.3 is 24.8 Å². The molecular weight excluding hydrogens is 390 g/mol. The number of nitrogens with one attached hydrogen (secondary N) is 1. The Balaban J connectivity index is 1.93. The van der Waals surface area contributed by atoms with Crippen LogP contribution in [0.3, 0.4) is 0 Å². The Bertz CT molecular complexity index is 1140. The number of hydrogen-bond acceptors (Lipinski definition) is 7. The van der Waals surface area contributed by atoms with Crippen LogP contribution in [0.15, 0.2) is 33.9 Å². The first-order valence-electron chi connectivity index (χ1n) is 9.64. The Hall–Kier alpha value is -3.11. The number of rotatable bonds is 8. The number of aromatic nitrogens is 4. The molecule has 0 aliphatic heterocycles. The molecule has 162 valence electrons. The van der Waals surface area contributed by atoms with Crippen molar-refractivity contribution < 1.29 is 14.9 Å². The minimum Gasteiger partial charge on any atom is -0.491 e. The summed E-state index contributed by atoms with van der Waals surface area (Å²) in [5.74, 6) is 0.902. The second-order valence-corrected chi connectivity index (χ2v) is 7.43. The number of ether oxygens (including phenoxy) is 1. The highest BCUT2D eigenvalue weighted by Gasteiger charge is 2.21. The molecule has 3 N–H and O–H groups in total. The van der Waals surface area contributed by atoms with Crippen LogP contribution >= 0.6 is 0 Å². The molecule has 0 amide bonds. The number of nitrogens with zero attached hydrogens (tertiary/aromatic N) is 4. The van der Waals surface area contributed by atoms with Gasteiger partial charge in [-0.25, -0.2) is 4.79 Å². The number of fused-ring (bicyclic) bond motifs is 1. The minimum atomic E-state index is -0.947. The summed E-state index contributed by atoms with van der Waals surface area (Å²) in [6.45, 7) is 3.79. The lowest BCUT2D eigenvalue weighted by molar-refractivity contribution is 0.0937. The van der Waals surface area contributed by atoms with Crippen molar-refractivity contribution in [3.63, 3.8) is 0 Å². The van der Waals surface area contributed by atoms with Gasteiger partial charge in [-0.05, 0) is 26.0 Å². The van der Waals surface area contributed by atoms with Crippen molar-refractivity contribution in [2.75, 3.05) is 18.5 Å². The van der Waals surface area contributed by atoms with E-state index in [1.807, 2.05) is 31.2 Å². The molecule has 10 heteroatoms. The first kappa shape index (κ1) is 21.6. The number of aryl methyl sites for hydroxylation is 2. The summed E-state index contributed by atoms with van der Waals surface area (Å²) in [7, 11) is 2.91. The van der Waals surface area contributed by atoms with Crippen LogP contribution in [0.25, 0.3) is 11.2 Å². The second kappa shape index (κ2) is 8.72. The maximum Gasteiger partial charge on any atom is 0.332 e. The minimum absolute atomic E-state index is 0.00462. The van der Waals surface area contributed by atoms with Crippen molar-refractivity contribution in [1.29, 1.82) is 0 Å². The molecule has 0 unspecified atom stereocenters. The third-order valence-corrected chi connectivity index (χ3v) is 4.76. The Morgan fingerprint density at radius 3 is 2.43 bits per heavy atom. The standard InChI is InChI=1S/C20H27N5O5/c1-12-5-7-15(8-6-12)30-11-14(27)10-25-16-17(22-19(25)21-9-13(2)26)23(3)20(29)24(4)18(16)28/h5-8,13-14,26-27H,9-11H2,1-4H3,(H,21,22)/t13-,14+/m1/s1. The van der Waals surface area contributed by atoms with Crippen molar-refractivity contribution >= 4 is 17.1 Å². The van der Waals surface area contributed by atoms with Crippen molar-refractivity contribution in [3.8, 4) is 5.75 Å². The van der Waals surface area contributed by atoms with Gasteiger partial charge in [0.2, 0.25) is 5.95 Å². The van der Waals surface area contributed by atoms with Gasteiger partial charge in [-0.1, -0.05) is 17.7 Å². The van der Waals surface area contributed by atoms with Crippen LogP contribution in [0, 0.1) is 6.92 Å². The van der Waals surface area contributed by atoms with E-state index in [4.69, 9.17) is 4.74 Å². The van der Waals surface area contributed by atoms with Crippen LogP contribution in [0.2, 0.25) is 0 Å². The molecule has 2 heterocycles. The van der Waals surface area contributed by atoms with E-state index in [9.17, 15) is 19.8 Å². The number of hydrogen-bond donors (Lipinski definition) is 3. The summed E-state index contributed by atoms with van der Waals surface area (Å²) in [6.07, 6.45) is -1.60. The van der Waals surface area contributed by atoms with Gasteiger partial charge in [0, 0.05) is 20.6 Å². The van der Waals surface area contributed by atoms with Gasteiger partial charge in [0.15, 0.2) is 11.2 Å². The average molecular weight is 417 g/mol. The molecule has 1 aromatic carbocycles. The highest BCUT2D eigenvalue weighted by atomic mass is 16.5. The van der Waals surface area contributed by atoms with Crippen LogP contribution in [0.1, 0.15) is 12.5 Å². The summed E-state index contributed by atoms with van der Waals surface area (Å²) in [6, 6.07) is 7.45. The molecular formula is C20H27N5O5. The summed E-state index contributed by atoms with van der Waals surface area (Å²) in [5, 5.41) is 23.1. The lowest BCUT2D eigenvalue weighted by atomic mass is 10.2. The Morgan fingerprint density at radius 1 is 1.13 bits per heavy atom. The van der Waals surface area contributed by atoms with E-state index in [-0.39, 0.29) is 36.8 Å². The molecule has 0 radical (unpaired) electrons. The van der Waals surface area contributed by atoms with Crippen molar-refractivity contribution in [1.82, 2.24) is 18.7 Å². The first-order valence-corrected chi connectivity index (χ1v) is 9.64. The molecule has 2 aromatic heterocycles. The second-order valence-electron chi connectivity index (χ2n) is 7.43. The summed E-state index contributed by atoms with van der Waals surface area (Å²) in [4.78, 5) is 29.4. The molecule has 2 atom stereocenters. The van der Waals surface area contributed by atoms with Gasteiger partial charge in [-0.2, -0.15) is 4.98 Å². The Morgan fingerprint density at radius 2 is 1.80 bits per heavy atom. The zero-order chi connectivity index (χ0) is 22.0. The molecule has 0 aliphatic carbocycles. The van der Waals surface area contributed by atoms with Crippen molar-refractivity contribution in [2.45, 2.75) is 32.6 Å². The fourth-order valence-electron chi connectivity index (χ4n) is 3.09. The molecule has 3 aromatic rings. The molecule has 30 heavy (non-hydrogen) atoms. The largest absolute Gasteiger partial charge is 0.491 e. The number of aliphatic hydroxyl groups excluding tert-OH is 2. The monoisotopic (exact) mass is 417 g/mol. The maximum atomic E-state index is 12.8. The zero-order valence-corrected chi connectivity index (χ0v) is 17.5. The van der Waals surface area contributed by atoms with Crippen molar-refractivity contribution in [2.24, 2.45) is 14.1 Å². The molecule has 0 fully saturated rings. The number of anilines is 1. The predicted octanol–water partition coefficient (Wildman–Crippen LogP) is -0.0253. The van der Waals surface area contributed by atoms with E-state index >= 15 is 0 Å². The van der Waals surface area contributed by atoms with Crippen molar-refractivity contribution in [3.05, 3.63) is 50.7 Å². The number of aliphatic hydroxyl groups is 2. The third kappa shape index (κ3) is 4.39. The lowest BCUT2D eigenvalue weighted by Gasteiger charge is -2.16. The fraction of sp³-hybridized carbons (Fsp3) is 0.450.